The van der Waals surface area contributed by atoms with E-state index >= 15 is 0 Å². The van der Waals surface area contributed by atoms with Crippen LogP contribution in [0.15, 0.2) is 12.1 Å². The Kier molecular flexibility index (Phi) is 4.20. The van der Waals surface area contributed by atoms with Gasteiger partial charge in [0.1, 0.15) is 5.15 Å². The van der Waals surface area contributed by atoms with E-state index in [0.717, 1.165) is 30.5 Å². The molecule has 2 aliphatic rings. The van der Waals surface area contributed by atoms with Gasteiger partial charge in [0, 0.05) is 24.7 Å². The number of rotatable bonds is 3. The molecule has 0 saturated carbocycles. The third kappa shape index (κ3) is 3.02. The first kappa shape index (κ1) is 15.1. The van der Waals surface area contributed by atoms with Gasteiger partial charge in [0.25, 0.3) is 0 Å². The van der Waals surface area contributed by atoms with Crippen molar-refractivity contribution >= 4 is 23.6 Å². The second-order valence-electron chi connectivity index (χ2n) is 5.82. The molecule has 0 bridgehead atoms. The maximum atomic E-state index is 11.7. The first-order valence-electron chi connectivity index (χ1n) is 7.49. The molecule has 1 aromatic heterocycles. The summed E-state index contributed by atoms with van der Waals surface area (Å²) >= 11 is 5.93. The minimum absolute atomic E-state index is 0.00664. The molecule has 1 fully saturated rings. The Morgan fingerprint density at radius 3 is 2.91 bits per heavy atom. The average molecular weight is 324 g/mol. The molecule has 3 rings (SSSR count). The summed E-state index contributed by atoms with van der Waals surface area (Å²) in [5.74, 6) is -0.00664. The van der Waals surface area contributed by atoms with Gasteiger partial charge in [-0.2, -0.15) is 0 Å². The van der Waals surface area contributed by atoms with Crippen molar-refractivity contribution in [2.45, 2.75) is 44.2 Å². The molecule has 7 heteroatoms. The van der Waals surface area contributed by atoms with Crippen molar-refractivity contribution in [3.8, 4) is 0 Å². The van der Waals surface area contributed by atoms with Crippen LogP contribution in [0.4, 0.5) is 4.79 Å². The lowest BCUT2D eigenvalue weighted by molar-refractivity contribution is -0.119. The monoisotopic (exact) mass is 323 g/mol. The van der Waals surface area contributed by atoms with E-state index in [2.05, 4.69) is 10.3 Å². The van der Waals surface area contributed by atoms with Crippen molar-refractivity contribution in [2.75, 3.05) is 6.54 Å². The predicted molar refractivity (Wildman–Crippen MR) is 80.8 cm³/mol. The number of aryl methyl sites for hydroxylation is 1. The van der Waals surface area contributed by atoms with E-state index < -0.39 is 6.09 Å². The van der Waals surface area contributed by atoms with Gasteiger partial charge in [-0.1, -0.05) is 17.7 Å². The highest BCUT2D eigenvalue weighted by Gasteiger charge is 2.33. The number of carbonyl (C=O) groups is 2. The van der Waals surface area contributed by atoms with E-state index in [9.17, 15) is 14.7 Å². The van der Waals surface area contributed by atoms with Crippen LogP contribution in [0.3, 0.4) is 0 Å². The number of carboxylic acid groups (broad SMARTS) is 1. The van der Waals surface area contributed by atoms with Crippen LogP contribution in [0, 0.1) is 0 Å². The Morgan fingerprint density at radius 2 is 2.23 bits per heavy atom. The van der Waals surface area contributed by atoms with Crippen molar-refractivity contribution in [1.82, 2.24) is 15.2 Å². The van der Waals surface area contributed by atoms with Crippen molar-refractivity contribution in [1.29, 1.82) is 0 Å². The third-order valence-corrected chi connectivity index (χ3v) is 4.56. The minimum atomic E-state index is -0.964. The molecule has 0 aromatic carbocycles. The molecular weight excluding hydrogens is 306 g/mol. The van der Waals surface area contributed by atoms with Crippen molar-refractivity contribution in [3.05, 3.63) is 28.5 Å². The molecule has 1 aromatic rings. The molecule has 2 N–H and O–H groups in total. The zero-order valence-electron chi connectivity index (χ0n) is 12.1. The van der Waals surface area contributed by atoms with Gasteiger partial charge >= 0.3 is 6.09 Å². The van der Waals surface area contributed by atoms with E-state index in [1.807, 2.05) is 6.07 Å². The summed E-state index contributed by atoms with van der Waals surface area (Å²) in [5, 5.41) is 12.9. The summed E-state index contributed by atoms with van der Waals surface area (Å²) in [5.41, 5.74) is 1.81. The second kappa shape index (κ2) is 6.12. The lowest BCUT2D eigenvalue weighted by atomic mass is 9.90. The molecular formula is C15H18ClN3O3. The number of hydrogen-bond donors (Lipinski definition) is 2. The van der Waals surface area contributed by atoms with Crippen molar-refractivity contribution in [3.63, 3.8) is 0 Å². The molecule has 1 saturated heterocycles. The summed E-state index contributed by atoms with van der Waals surface area (Å²) in [6, 6.07) is 3.26. The van der Waals surface area contributed by atoms with E-state index in [4.69, 9.17) is 11.6 Å². The fraction of sp³-hybridized carbons (Fsp3) is 0.533. The molecule has 0 radical (unpaired) electrons. The second-order valence-corrected chi connectivity index (χ2v) is 6.20. The molecule has 2 atom stereocenters. The van der Waals surface area contributed by atoms with Gasteiger partial charge in [-0.05, 0) is 37.3 Å². The van der Waals surface area contributed by atoms with Crippen molar-refractivity contribution < 1.29 is 14.7 Å². The van der Waals surface area contributed by atoms with Gasteiger partial charge in [-0.3, -0.25) is 9.69 Å². The topological polar surface area (TPSA) is 82.5 Å². The predicted octanol–water partition coefficient (Wildman–Crippen LogP) is 2.37. The standard InChI is InChI=1S/C15H18ClN3O3/c16-13-6-5-10-11(18-13)2-1-3-12(10)19(15(21)22)8-9-4-7-14(20)17-9/h5-6,9,12H,1-4,7-8H2,(H,17,20)(H,21,22). The largest absolute Gasteiger partial charge is 0.465 e. The highest BCUT2D eigenvalue weighted by molar-refractivity contribution is 6.29. The molecule has 1 aliphatic heterocycles. The summed E-state index contributed by atoms with van der Waals surface area (Å²) in [4.78, 5) is 28.8. The number of aromatic nitrogens is 1. The number of pyridine rings is 1. The van der Waals surface area contributed by atoms with Gasteiger partial charge in [0.2, 0.25) is 5.91 Å². The quantitative estimate of drug-likeness (QED) is 0.837. The van der Waals surface area contributed by atoms with Crippen molar-refractivity contribution in [2.24, 2.45) is 0 Å². The Morgan fingerprint density at radius 1 is 1.41 bits per heavy atom. The fourth-order valence-electron chi connectivity index (χ4n) is 3.32. The highest BCUT2D eigenvalue weighted by Crippen LogP contribution is 2.34. The smallest absolute Gasteiger partial charge is 0.407 e. The summed E-state index contributed by atoms with van der Waals surface area (Å²) in [7, 11) is 0. The molecule has 0 spiro atoms. The summed E-state index contributed by atoms with van der Waals surface area (Å²) in [6.45, 7) is 0.313. The summed E-state index contributed by atoms with van der Waals surface area (Å²) in [6.07, 6.45) is 2.65. The van der Waals surface area contributed by atoms with Gasteiger partial charge < -0.3 is 10.4 Å². The Hall–Kier alpha value is -1.82. The van der Waals surface area contributed by atoms with Crippen LogP contribution in [0.5, 0.6) is 0 Å². The van der Waals surface area contributed by atoms with Crippen LogP contribution in [-0.4, -0.2) is 39.6 Å². The number of carbonyl (C=O) groups excluding carboxylic acids is 1. The highest BCUT2D eigenvalue weighted by atomic mass is 35.5. The normalized spacial score (nSPS) is 23.8. The first-order chi connectivity index (χ1) is 10.5. The molecule has 1 aliphatic carbocycles. The molecule has 2 unspecified atom stereocenters. The van der Waals surface area contributed by atoms with Gasteiger partial charge in [-0.25, -0.2) is 9.78 Å². The van der Waals surface area contributed by atoms with Gasteiger partial charge in [0.05, 0.1) is 6.04 Å². The van der Waals surface area contributed by atoms with Crippen LogP contribution in [0.1, 0.15) is 43.0 Å². The van der Waals surface area contributed by atoms with Gasteiger partial charge in [-0.15, -0.1) is 0 Å². The van der Waals surface area contributed by atoms with E-state index in [1.165, 1.54) is 4.90 Å². The molecule has 2 heterocycles. The number of nitrogens with one attached hydrogen (secondary N) is 1. The maximum absolute atomic E-state index is 11.7. The Bertz CT molecular complexity index is 608. The summed E-state index contributed by atoms with van der Waals surface area (Å²) < 4.78 is 0. The molecule has 118 valence electrons. The van der Waals surface area contributed by atoms with E-state index in [-0.39, 0.29) is 18.0 Å². The average Bonchev–Trinajstić information content (AvgIpc) is 2.89. The lowest BCUT2D eigenvalue weighted by Crippen LogP contribution is -2.44. The van der Waals surface area contributed by atoms with Crippen LogP contribution in [-0.2, 0) is 11.2 Å². The Balaban J connectivity index is 1.83. The molecule has 6 nitrogen and oxygen atoms in total. The number of halogens is 1. The first-order valence-corrected chi connectivity index (χ1v) is 7.86. The third-order valence-electron chi connectivity index (χ3n) is 4.35. The zero-order chi connectivity index (χ0) is 15.7. The number of fused-ring (bicyclic) bond motifs is 1. The van der Waals surface area contributed by atoms with Crippen LogP contribution < -0.4 is 5.32 Å². The fourth-order valence-corrected chi connectivity index (χ4v) is 3.49. The number of hydrogen-bond acceptors (Lipinski definition) is 3. The van der Waals surface area contributed by atoms with E-state index in [1.54, 1.807) is 6.07 Å². The Labute approximate surface area is 133 Å². The number of amides is 2. The SMILES string of the molecule is O=C1CCC(CN(C(=O)O)C2CCCc3nc(Cl)ccc32)N1. The van der Waals surface area contributed by atoms with Crippen LogP contribution in [0.2, 0.25) is 5.15 Å². The van der Waals surface area contributed by atoms with Gasteiger partial charge in [0.15, 0.2) is 0 Å². The molecule has 22 heavy (non-hydrogen) atoms. The number of nitrogens with zero attached hydrogens (tertiary/aromatic N) is 2. The van der Waals surface area contributed by atoms with E-state index in [0.29, 0.717) is 24.5 Å². The maximum Gasteiger partial charge on any atom is 0.407 e. The van der Waals surface area contributed by atoms with Crippen LogP contribution in [0.25, 0.3) is 0 Å². The minimum Gasteiger partial charge on any atom is -0.465 e. The molecule has 2 amide bonds. The lowest BCUT2D eigenvalue weighted by Gasteiger charge is -2.35. The zero-order valence-corrected chi connectivity index (χ0v) is 12.8. The van der Waals surface area contributed by atoms with Crippen LogP contribution >= 0.6 is 11.6 Å².